The van der Waals surface area contributed by atoms with E-state index >= 15 is 0 Å². The molecular weight excluding hydrogens is 614 g/mol. The number of anilines is 1. The van der Waals surface area contributed by atoms with Crippen molar-refractivity contribution in [2.45, 2.75) is 57.7 Å². The van der Waals surface area contributed by atoms with Crippen molar-refractivity contribution < 1.29 is 43.2 Å². The van der Waals surface area contributed by atoms with Crippen molar-refractivity contribution >= 4 is 68.9 Å². The Hall–Kier alpha value is -4.51. The lowest BCUT2D eigenvalue weighted by Gasteiger charge is -2.49. The summed E-state index contributed by atoms with van der Waals surface area (Å²) in [5.41, 5.74) is 5.05. The normalized spacial score (nSPS) is 18.8. The SMILES string of the molecule is CC(C)Cc1nc2c(ccc[n+]2CC2=C(C(=O)O)N3C(=O)C(NC(=O)C(=NOC(C)(C)C(=O)O)c4csc(N)n4)[C@@H]3SC2)o1. The Balaban J connectivity index is 1.38. The number of carbonyl (C=O) groups is 4. The van der Waals surface area contributed by atoms with Gasteiger partial charge in [-0.3, -0.25) is 14.5 Å². The van der Waals surface area contributed by atoms with Crippen molar-refractivity contribution in [2.24, 2.45) is 11.1 Å². The topological polar surface area (TPSA) is 214 Å². The highest BCUT2D eigenvalue weighted by atomic mass is 32.2. The summed E-state index contributed by atoms with van der Waals surface area (Å²) in [4.78, 5) is 65.4. The van der Waals surface area contributed by atoms with Gasteiger partial charge in [-0.1, -0.05) is 19.0 Å². The molecule has 44 heavy (non-hydrogen) atoms. The molecule has 2 aliphatic heterocycles. The standard InChI is InChI=1S/C27H29N7O8S2/c1-12(2)8-16-30-20-15(41-16)6-5-7-33(20)9-13-10-43-23-18(22(36)34(23)19(13)24(37)38)31-21(35)17(14-11-44-26(28)29-14)32-42-27(3,4)25(39)40/h5-7,11-12,18,23H,8-10H2,1-4H3,(H4-,28,29,31,35,37,38,39,40)/p+1/t18?,23-/m0/s1. The van der Waals surface area contributed by atoms with Gasteiger partial charge in [0.2, 0.25) is 11.2 Å². The van der Waals surface area contributed by atoms with E-state index in [9.17, 15) is 29.4 Å². The summed E-state index contributed by atoms with van der Waals surface area (Å²) in [6.45, 7) is 6.77. The molecule has 1 unspecified atom stereocenters. The molecule has 0 spiro atoms. The summed E-state index contributed by atoms with van der Waals surface area (Å²) in [5, 5.41) is 26.7. The summed E-state index contributed by atoms with van der Waals surface area (Å²) in [5.74, 6) is -2.91. The van der Waals surface area contributed by atoms with E-state index in [0.29, 0.717) is 35.0 Å². The van der Waals surface area contributed by atoms with E-state index in [1.165, 1.54) is 31.0 Å². The minimum atomic E-state index is -1.77. The summed E-state index contributed by atoms with van der Waals surface area (Å²) >= 11 is 2.32. The van der Waals surface area contributed by atoms with Crippen LogP contribution in [0.3, 0.4) is 0 Å². The maximum absolute atomic E-state index is 13.3. The summed E-state index contributed by atoms with van der Waals surface area (Å²) in [6, 6.07) is 2.49. The number of aromatic nitrogens is 3. The van der Waals surface area contributed by atoms with Crippen molar-refractivity contribution in [1.82, 2.24) is 20.2 Å². The average molecular weight is 645 g/mol. The fourth-order valence-corrected chi connectivity index (χ4v) is 6.45. The van der Waals surface area contributed by atoms with Gasteiger partial charge >= 0.3 is 23.5 Å². The molecule has 0 bridgehead atoms. The number of carbonyl (C=O) groups excluding carboxylic acids is 2. The number of aliphatic carboxylic acids is 2. The van der Waals surface area contributed by atoms with E-state index in [1.807, 2.05) is 0 Å². The molecule has 15 nitrogen and oxygen atoms in total. The molecule has 2 atom stereocenters. The molecule has 0 aliphatic carbocycles. The van der Waals surface area contributed by atoms with Gasteiger partial charge < -0.3 is 30.5 Å². The fraction of sp³-hybridized carbons (Fsp3) is 0.407. The molecule has 0 aromatic carbocycles. The zero-order valence-corrected chi connectivity index (χ0v) is 25.8. The molecule has 3 aromatic heterocycles. The van der Waals surface area contributed by atoms with Gasteiger partial charge in [-0.15, -0.1) is 23.1 Å². The first kappa shape index (κ1) is 30.9. The number of β-lactam (4-membered cyclic amide) rings is 1. The number of amides is 2. The number of carboxylic acids is 2. The van der Waals surface area contributed by atoms with Crippen molar-refractivity contribution in [2.75, 3.05) is 11.5 Å². The lowest BCUT2D eigenvalue weighted by Crippen LogP contribution is -2.71. The van der Waals surface area contributed by atoms with Gasteiger partial charge in [-0.25, -0.2) is 19.1 Å². The molecule has 1 fully saturated rings. The summed E-state index contributed by atoms with van der Waals surface area (Å²) in [7, 11) is 0. The minimum absolute atomic E-state index is 0.0233. The van der Waals surface area contributed by atoms with Crippen LogP contribution >= 0.6 is 23.1 Å². The molecule has 2 amide bonds. The van der Waals surface area contributed by atoms with E-state index in [-0.39, 0.29) is 34.5 Å². The highest BCUT2D eigenvalue weighted by Gasteiger charge is 2.54. The van der Waals surface area contributed by atoms with Crippen LogP contribution in [-0.2, 0) is 37.0 Å². The molecule has 0 saturated carbocycles. The van der Waals surface area contributed by atoms with E-state index in [4.69, 9.17) is 15.0 Å². The number of nitrogens with two attached hydrogens (primary N) is 1. The number of thiazole rings is 1. The molecule has 5 rings (SSSR count). The highest BCUT2D eigenvalue weighted by Crippen LogP contribution is 2.40. The number of hydrogen-bond acceptors (Lipinski definition) is 12. The first-order valence-electron chi connectivity index (χ1n) is 13.5. The second-order valence-electron chi connectivity index (χ2n) is 11.1. The molecule has 1 saturated heterocycles. The van der Waals surface area contributed by atoms with Gasteiger partial charge in [0, 0.05) is 16.7 Å². The highest BCUT2D eigenvalue weighted by molar-refractivity contribution is 8.00. The molecular formula is C27H30N7O8S2+. The van der Waals surface area contributed by atoms with E-state index in [2.05, 4.69) is 34.3 Å². The van der Waals surface area contributed by atoms with Gasteiger partial charge in [0.1, 0.15) is 29.4 Å². The second-order valence-corrected chi connectivity index (χ2v) is 13.1. The van der Waals surface area contributed by atoms with E-state index < -0.39 is 40.8 Å². The fourth-order valence-electron chi connectivity index (χ4n) is 4.57. The summed E-state index contributed by atoms with van der Waals surface area (Å²) in [6.07, 6.45) is 2.42. The maximum Gasteiger partial charge on any atom is 0.370 e. The van der Waals surface area contributed by atoms with Crippen molar-refractivity contribution in [3.8, 4) is 0 Å². The van der Waals surface area contributed by atoms with Crippen LogP contribution in [0.4, 0.5) is 5.13 Å². The number of thioether (sulfide) groups is 1. The van der Waals surface area contributed by atoms with Gasteiger partial charge in [0.25, 0.3) is 11.8 Å². The molecule has 5 N–H and O–H groups in total. The quantitative estimate of drug-likeness (QED) is 0.101. The van der Waals surface area contributed by atoms with Gasteiger partial charge in [-0.2, -0.15) is 0 Å². The predicted molar refractivity (Wildman–Crippen MR) is 158 cm³/mol. The van der Waals surface area contributed by atoms with Crippen LogP contribution in [0.25, 0.3) is 11.2 Å². The van der Waals surface area contributed by atoms with Gasteiger partial charge in [0.05, 0.1) is 12.6 Å². The largest absolute Gasteiger partial charge is 0.478 e. The number of carboxylic acid groups (broad SMARTS) is 2. The monoisotopic (exact) mass is 644 g/mol. The number of nitrogen functional groups attached to an aromatic ring is 1. The van der Waals surface area contributed by atoms with Crippen molar-refractivity contribution in [1.29, 1.82) is 0 Å². The Morgan fingerprint density at radius 2 is 2.07 bits per heavy atom. The second kappa shape index (κ2) is 11.9. The van der Waals surface area contributed by atoms with Crippen LogP contribution in [0.5, 0.6) is 0 Å². The number of nitrogens with zero attached hydrogens (tertiary/aromatic N) is 5. The number of rotatable bonds is 11. The third-order valence-electron chi connectivity index (χ3n) is 6.80. The number of nitrogens with one attached hydrogen (secondary N) is 1. The van der Waals surface area contributed by atoms with Crippen molar-refractivity contribution in [3.05, 3.63) is 46.6 Å². The van der Waals surface area contributed by atoms with Gasteiger partial charge in [-0.05, 0) is 36.9 Å². The predicted octanol–water partition coefficient (Wildman–Crippen LogP) is 1.38. The van der Waals surface area contributed by atoms with Crippen LogP contribution in [0.1, 0.15) is 39.3 Å². The lowest BCUT2D eigenvalue weighted by atomic mass is 10.0. The zero-order valence-electron chi connectivity index (χ0n) is 24.1. The number of oxime groups is 1. The Bertz CT molecular complexity index is 1730. The van der Waals surface area contributed by atoms with Crippen LogP contribution in [0.2, 0.25) is 0 Å². The lowest BCUT2D eigenvalue weighted by molar-refractivity contribution is -0.665. The van der Waals surface area contributed by atoms with Crippen LogP contribution in [0.15, 0.2) is 44.6 Å². The van der Waals surface area contributed by atoms with Crippen molar-refractivity contribution in [3.63, 3.8) is 0 Å². The first-order chi connectivity index (χ1) is 20.8. The molecule has 3 aromatic rings. The van der Waals surface area contributed by atoms with Gasteiger partial charge in [0.15, 0.2) is 10.8 Å². The van der Waals surface area contributed by atoms with E-state index in [0.717, 1.165) is 16.2 Å². The molecule has 0 radical (unpaired) electrons. The number of fused-ring (bicyclic) bond motifs is 2. The Morgan fingerprint density at radius 3 is 2.70 bits per heavy atom. The molecule has 2 aliphatic rings. The molecule has 17 heteroatoms. The number of hydrogen-bond donors (Lipinski definition) is 4. The summed E-state index contributed by atoms with van der Waals surface area (Å²) < 4.78 is 7.65. The number of pyridine rings is 1. The minimum Gasteiger partial charge on any atom is -0.478 e. The first-order valence-corrected chi connectivity index (χ1v) is 15.4. The average Bonchev–Trinajstić information content (AvgIpc) is 3.56. The Morgan fingerprint density at radius 1 is 1.32 bits per heavy atom. The maximum atomic E-state index is 13.3. The van der Waals surface area contributed by atoms with Crippen LogP contribution in [0, 0.1) is 5.92 Å². The van der Waals surface area contributed by atoms with Crippen LogP contribution in [-0.4, -0.2) is 77.3 Å². The third kappa shape index (κ3) is 5.96. The van der Waals surface area contributed by atoms with E-state index in [1.54, 1.807) is 22.9 Å². The number of oxazole rings is 1. The third-order valence-corrected chi connectivity index (χ3v) is 8.82. The molecule has 5 heterocycles. The Kier molecular flexibility index (Phi) is 8.35. The smallest absolute Gasteiger partial charge is 0.370 e. The Labute approximate surface area is 258 Å². The van der Waals surface area contributed by atoms with Crippen LogP contribution < -0.4 is 15.6 Å². The molecule has 232 valence electrons. The zero-order chi connectivity index (χ0) is 31.9.